The summed E-state index contributed by atoms with van der Waals surface area (Å²) >= 11 is 0. The number of piperidine rings is 1. The Hall–Kier alpha value is -4.84. The summed E-state index contributed by atoms with van der Waals surface area (Å²) in [4.78, 5) is 37.8. The molecule has 2 saturated heterocycles. The number of rotatable bonds is 10. The molecule has 2 aliphatic rings. The number of carboxylic acids is 1. The van der Waals surface area contributed by atoms with E-state index >= 15 is 0 Å². The second-order valence-corrected chi connectivity index (χ2v) is 12.0. The minimum Gasteiger partial charge on any atom is -0.475 e. The molecule has 0 bridgehead atoms. The molecule has 17 heteroatoms. The van der Waals surface area contributed by atoms with E-state index in [1.807, 2.05) is 41.3 Å². The van der Waals surface area contributed by atoms with Gasteiger partial charge in [-0.3, -0.25) is 9.36 Å². The van der Waals surface area contributed by atoms with E-state index in [-0.39, 0.29) is 17.8 Å². The second-order valence-electron chi connectivity index (χ2n) is 12.0. The number of carbonyl (C=O) groups is 2. The maximum absolute atomic E-state index is 12.6. The summed E-state index contributed by atoms with van der Waals surface area (Å²) < 4.78 is 44.4. The Bertz CT molecular complexity index is 1720. The number of esters is 1. The molecule has 0 spiro atoms. The fourth-order valence-corrected chi connectivity index (χ4v) is 6.07. The minimum atomic E-state index is -5.08. The predicted octanol–water partition coefficient (Wildman–Crippen LogP) is 3.09. The van der Waals surface area contributed by atoms with Crippen molar-refractivity contribution in [1.82, 2.24) is 19.5 Å². The standard InChI is InChI=1S/C32H38N6O6.C2HF3O2/c1-2-43-31(42)22-14-9-15-37(17-22)32-35-28(33-16-23(20-10-5-3-6-11-20)21-12-7-4-8-13-21)25-29(36-32)38(19-34-25)30-27(41)26(40)24(18-39)44-30;3-2(4,5)1(6)7/h3-8,10-13,19,22-24,26-27,30,39-41H,2,9,14-18H2,1H3,(H,33,35,36);(H,6,7)/t22-,24-,26-,27-,30-;/m1./s1. The van der Waals surface area contributed by atoms with Gasteiger partial charge in [0.05, 0.1) is 25.5 Å². The number of aliphatic hydroxyl groups is 3. The molecule has 0 unspecified atom stereocenters. The number of hydrogen-bond donors (Lipinski definition) is 5. The van der Waals surface area contributed by atoms with E-state index < -0.39 is 43.3 Å². The first-order chi connectivity index (χ1) is 24.4. The largest absolute Gasteiger partial charge is 0.490 e. The van der Waals surface area contributed by atoms with Crippen LogP contribution in [0.5, 0.6) is 0 Å². The molecule has 274 valence electrons. The average molecular weight is 717 g/mol. The molecule has 0 saturated carbocycles. The number of alkyl halides is 3. The Labute approximate surface area is 290 Å². The lowest BCUT2D eigenvalue weighted by molar-refractivity contribution is -0.192. The number of imidazole rings is 1. The van der Waals surface area contributed by atoms with Crippen molar-refractivity contribution < 1.29 is 52.7 Å². The first-order valence-electron chi connectivity index (χ1n) is 16.3. The zero-order valence-electron chi connectivity index (χ0n) is 27.6. The monoisotopic (exact) mass is 716 g/mol. The van der Waals surface area contributed by atoms with Gasteiger partial charge in [-0.2, -0.15) is 23.1 Å². The van der Waals surface area contributed by atoms with Crippen molar-refractivity contribution in [2.24, 2.45) is 5.92 Å². The molecular formula is C34H39F3N6O8. The SMILES string of the molecule is CCOC(=O)[C@@H]1CCCN(c2nc(NCC(c3ccccc3)c3ccccc3)c3ncn([C@@H]4O[C@H](CO)[C@@H](O)[C@H]4O)c3n2)C1.O=C(O)C(F)(F)F. The highest BCUT2D eigenvalue weighted by molar-refractivity contribution is 5.84. The summed E-state index contributed by atoms with van der Waals surface area (Å²) in [6, 6.07) is 20.4. The molecule has 2 aromatic carbocycles. The van der Waals surface area contributed by atoms with Gasteiger partial charge in [0, 0.05) is 25.6 Å². The van der Waals surface area contributed by atoms with Gasteiger partial charge in [0.2, 0.25) is 5.95 Å². The smallest absolute Gasteiger partial charge is 0.475 e. The van der Waals surface area contributed by atoms with E-state index in [0.717, 1.165) is 24.0 Å². The molecule has 4 heterocycles. The number of carbonyl (C=O) groups excluding carboxylic acids is 1. The fraction of sp³-hybridized carbons (Fsp3) is 0.441. The lowest BCUT2D eigenvalue weighted by Gasteiger charge is -2.32. The molecule has 2 aromatic heterocycles. The normalized spacial score (nSPS) is 22.0. The van der Waals surface area contributed by atoms with Crippen LogP contribution in [0.3, 0.4) is 0 Å². The zero-order valence-corrected chi connectivity index (χ0v) is 27.6. The minimum absolute atomic E-state index is 0.0107. The van der Waals surface area contributed by atoms with E-state index in [1.165, 1.54) is 6.33 Å². The molecule has 14 nitrogen and oxygen atoms in total. The van der Waals surface area contributed by atoms with Crippen molar-refractivity contribution in [3.05, 3.63) is 78.1 Å². The van der Waals surface area contributed by atoms with Gasteiger partial charge in [0.25, 0.3) is 0 Å². The van der Waals surface area contributed by atoms with Crippen molar-refractivity contribution in [2.75, 3.05) is 43.1 Å². The number of benzene rings is 2. The van der Waals surface area contributed by atoms with Crippen LogP contribution in [0.25, 0.3) is 11.2 Å². The summed E-state index contributed by atoms with van der Waals surface area (Å²) in [5, 5.41) is 41.5. The molecule has 6 rings (SSSR count). The molecule has 0 amide bonds. The summed E-state index contributed by atoms with van der Waals surface area (Å²) in [5.41, 5.74) is 3.14. The Balaban J connectivity index is 0.000000654. The average Bonchev–Trinajstić information content (AvgIpc) is 3.68. The van der Waals surface area contributed by atoms with Gasteiger partial charge in [-0.1, -0.05) is 60.7 Å². The number of aliphatic carboxylic acids is 1. The third kappa shape index (κ3) is 8.73. The molecule has 0 radical (unpaired) electrons. The number of anilines is 2. The second kappa shape index (κ2) is 16.5. The first kappa shape index (κ1) is 37.4. The number of nitrogens with zero attached hydrogens (tertiary/aromatic N) is 5. The van der Waals surface area contributed by atoms with Crippen LogP contribution < -0.4 is 10.2 Å². The summed E-state index contributed by atoms with van der Waals surface area (Å²) in [6.45, 7) is 3.23. The molecule has 51 heavy (non-hydrogen) atoms. The van der Waals surface area contributed by atoms with Crippen LogP contribution in [0.15, 0.2) is 67.0 Å². The number of nitrogens with one attached hydrogen (secondary N) is 1. The molecule has 0 aliphatic carbocycles. The molecule has 2 aliphatic heterocycles. The van der Waals surface area contributed by atoms with Crippen LogP contribution in [-0.4, -0.2) is 109 Å². The number of hydrogen-bond acceptors (Lipinski definition) is 12. The Morgan fingerprint density at radius 2 is 1.67 bits per heavy atom. The quantitative estimate of drug-likeness (QED) is 0.151. The maximum Gasteiger partial charge on any atom is 0.490 e. The van der Waals surface area contributed by atoms with Crippen LogP contribution in [0.4, 0.5) is 24.9 Å². The van der Waals surface area contributed by atoms with E-state index in [0.29, 0.717) is 49.2 Å². The van der Waals surface area contributed by atoms with E-state index in [9.17, 15) is 33.3 Å². The molecular weight excluding hydrogens is 677 g/mol. The van der Waals surface area contributed by atoms with Crippen LogP contribution in [-0.2, 0) is 19.1 Å². The zero-order chi connectivity index (χ0) is 36.7. The van der Waals surface area contributed by atoms with Crippen molar-refractivity contribution in [3.8, 4) is 0 Å². The van der Waals surface area contributed by atoms with Crippen molar-refractivity contribution in [3.63, 3.8) is 0 Å². The number of ether oxygens (including phenoxy) is 2. The van der Waals surface area contributed by atoms with Crippen molar-refractivity contribution in [2.45, 2.75) is 56.4 Å². The number of fused-ring (bicyclic) bond motifs is 1. The molecule has 2 fully saturated rings. The highest BCUT2D eigenvalue weighted by Gasteiger charge is 2.44. The Kier molecular flexibility index (Phi) is 12.1. The number of halogens is 3. The highest BCUT2D eigenvalue weighted by atomic mass is 19.4. The van der Waals surface area contributed by atoms with E-state index in [1.54, 1.807) is 11.5 Å². The summed E-state index contributed by atoms with van der Waals surface area (Å²) in [6.07, 6.45) is -6.63. The number of carboxylic acid groups (broad SMARTS) is 1. The molecule has 4 aromatic rings. The van der Waals surface area contributed by atoms with Crippen LogP contribution >= 0.6 is 0 Å². The highest BCUT2D eigenvalue weighted by Crippen LogP contribution is 2.34. The van der Waals surface area contributed by atoms with Gasteiger partial charge in [-0.05, 0) is 30.9 Å². The topological polar surface area (TPSA) is 192 Å². The van der Waals surface area contributed by atoms with E-state index in [4.69, 9.17) is 29.3 Å². The molecule has 5 N–H and O–H groups in total. The lowest BCUT2D eigenvalue weighted by Crippen LogP contribution is -2.40. The van der Waals surface area contributed by atoms with Gasteiger partial charge in [-0.15, -0.1) is 0 Å². The van der Waals surface area contributed by atoms with Gasteiger partial charge >= 0.3 is 18.1 Å². The van der Waals surface area contributed by atoms with Crippen LogP contribution in [0, 0.1) is 5.92 Å². The van der Waals surface area contributed by atoms with Crippen molar-refractivity contribution in [1.29, 1.82) is 0 Å². The van der Waals surface area contributed by atoms with Gasteiger partial charge in [-0.25, -0.2) is 9.78 Å². The maximum atomic E-state index is 12.6. The van der Waals surface area contributed by atoms with E-state index in [2.05, 4.69) is 34.6 Å². The van der Waals surface area contributed by atoms with Crippen molar-refractivity contribution >= 4 is 34.9 Å². The number of aromatic nitrogens is 4. The fourth-order valence-electron chi connectivity index (χ4n) is 6.07. The number of aliphatic hydroxyl groups excluding tert-OH is 3. The van der Waals surface area contributed by atoms with Crippen LogP contribution in [0.1, 0.15) is 43.0 Å². The summed E-state index contributed by atoms with van der Waals surface area (Å²) in [5.74, 6) is -2.39. The Morgan fingerprint density at radius 3 is 2.22 bits per heavy atom. The molecule has 5 atom stereocenters. The Morgan fingerprint density at radius 1 is 1.04 bits per heavy atom. The van der Waals surface area contributed by atoms with Gasteiger partial charge in [0.1, 0.15) is 18.3 Å². The third-order valence-electron chi connectivity index (χ3n) is 8.65. The predicted molar refractivity (Wildman–Crippen MR) is 177 cm³/mol. The van der Waals surface area contributed by atoms with Gasteiger partial charge in [0.15, 0.2) is 23.2 Å². The summed E-state index contributed by atoms with van der Waals surface area (Å²) in [7, 11) is 0. The first-order valence-corrected chi connectivity index (χ1v) is 16.3. The lowest BCUT2D eigenvalue weighted by atomic mass is 9.91. The van der Waals surface area contributed by atoms with Crippen LogP contribution in [0.2, 0.25) is 0 Å². The third-order valence-corrected chi connectivity index (χ3v) is 8.65. The van der Waals surface area contributed by atoms with Gasteiger partial charge < -0.3 is 40.1 Å².